The second-order valence-corrected chi connectivity index (χ2v) is 6.76. The first-order valence-corrected chi connectivity index (χ1v) is 9.06. The van der Waals surface area contributed by atoms with Crippen molar-refractivity contribution in [1.82, 2.24) is 10.2 Å². The smallest absolute Gasteiger partial charge is 0.287 e. The van der Waals surface area contributed by atoms with Crippen molar-refractivity contribution in [3.8, 4) is 0 Å². The van der Waals surface area contributed by atoms with Gasteiger partial charge in [0.05, 0.1) is 11.4 Å². The number of carbonyl (C=O) groups is 1. The summed E-state index contributed by atoms with van der Waals surface area (Å²) in [5, 5.41) is 3.35. The van der Waals surface area contributed by atoms with E-state index in [1.54, 1.807) is 24.3 Å². The summed E-state index contributed by atoms with van der Waals surface area (Å²) in [6.07, 6.45) is 0.991. The molecule has 140 valence electrons. The first kappa shape index (κ1) is 18.9. The number of hydrogen-bond acceptors (Lipinski definition) is 4. The zero-order chi connectivity index (χ0) is 19.4. The van der Waals surface area contributed by atoms with Crippen molar-refractivity contribution < 1.29 is 9.21 Å². The summed E-state index contributed by atoms with van der Waals surface area (Å²) in [5.74, 6) is -0.368. The Bertz CT molecular complexity index is 990. The Balaban J connectivity index is 1.77. The minimum Gasteiger partial charge on any atom is -0.451 e. The molecule has 0 bridgehead atoms. The van der Waals surface area contributed by atoms with Crippen molar-refractivity contribution in [3.63, 3.8) is 0 Å². The molecule has 3 aromatic rings. The molecule has 5 nitrogen and oxygen atoms in total. The zero-order valence-electron chi connectivity index (χ0n) is 15.9. The lowest BCUT2D eigenvalue weighted by Crippen LogP contribution is -2.34. The molecule has 1 amide bonds. The molecule has 0 spiro atoms. The predicted octanol–water partition coefficient (Wildman–Crippen LogP) is 3.39. The third-order valence-electron chi connectivity index (χ3n) is 4.71. The molecule has 0 aliphatic rings. The lowest BCUT2D eigenvalue weighted by Gasteiger charge is -2.25. The van der Waals surface area contributed by atoms with Gasteiger partial charge in [0.15, 0.2) is 11.2 Å². The topological polar surface area (TPSA) is 62.6 Å². The summed E-state index contributed by atoms with van der Waals surface area (Å²) in [7, 11) is 3.95. The van der Waals surface area contributed by atoms with Gasteiger partial charge in [-0.2, -0.15) is 0 Å². The fraction of sp³-hybridized carbons (Fsp3) is 0.273. The van der Waals surface area contributed by atoms with Gasteiger partial charge in [-0.05, 0) is 43.8 Å². The number of nitrogens with one attached hydrogen (secondary N) is 1. The lowest BCUT2D eigenvalue weighted by atomic mass is 10.0. The normalized spacial score (nSPS) is 12.3. The summed E-state index contributed by atoms with van der Waals surface area (Å²) in [6.45, 7) is 2.53. The SMILES string of the molecule is CCc1ccc(C(CNC(=O)c2cc(=O)c3ccccc3o2)N(C)C)cc1. The number of rotatable bonds is 6. The van der Waals surface area contributed by atoms with Crippen LogP contribution in [0.3, 0.4) is 0 Å². The molecular weight excluding hydrogens is 340 g/mol. The van der Waals surface area contributed by atoms with Gasteiger partial charge >= 0.3 is 0 Å². The molecule has 0 aliphatic heterocycles. The van der Waals surface area contributed by atoms with Crippen molar-refractivity contribution >= 4 is 16.9 Å². The molecule has 1 aromatic heterocycles. The number of para-hydroxylation sites is 1. The van der Waals surface area contributed by atoms with Gasteiger partial charge in [-0.15, -0.1) is 0 Å². The molecule has 1 heterocycles. The van der Waals surface area contributed by atoms with Gasteiger partial charge in [0.25, 0.3) is 5.91 Å². The van der Waals surface area contributed by atoms with E-state index in [4.69, 9.17) is 4.42 Å². The number of carbonyl (C=O) groups excluding carboxylic acids is 1. The maximum Gasteiger partial charge on any atom is 0.287 e. The van der Waals surface area contributed by atoms with E-state index in [9.17, 15) is 9.59 Å². The van der Waals surface area contributed by atoms with Crippen LogP contribution in [-0.4, -0.2) is 31.4 Å². The third-order valence-corrected chi connectivity index (χ3v) is 4.71. The van der Waals surface area contributed by atoms with Crippen LogP contribution < -0.4 is 10.7 Å². The second kappa shape index (κ2) is 8.18. The van der Waals surface area contributed by atoms with E-state index in [0.717, 1.165) is 12.0 Å². The van der Waals surface area contributed by atoms with Crippen LogP contribution >= 0.6 is 0 Å². The third kappa shape index (κ3) is 4.26. The van der Waals surface area contributed by atoms with Crippen molar-refractivity contribution in [2.24, 2.45) is 0 Å². The summed E-state index contributed by atoms with van der Waals surface area (Å²) in [6, 6.07) is 16.6. The van der Waals surface area contributed by atoms with E-state index >= 15 is 0 Å². The van der Waals surface area contributed by atoms with Crippen LogP contribution in [0, 0.1) is 0 Å². The summed E-state index contributed by atoms with van der Waals surface area (Å²) < 4.78 is 5.61. The van der Waals surface area contributed by atoms with Crippen molar-refractivity contribution in [1.29, 1.82) is 0 Å². The molecule has 3 rings (SSSR count). The van der Waals surface area contributed by atoms with E-state index in [0.29, 0.717) is 17.5 Å². The molecule has 0 saturated carbocycles. The monoisotopic (exact) mass is 364 g/mol. The van der Waals surface area contributed by atoms with Gasteiger partial charge in [0.1, 0.15) is 5.58 Å². The minimum absolute atomic E-state index is 0.0204. The first-order chi connectivity index (χ1) is 13.0. The Kier molecular flexibility index (Phi) is 5.72. The molecule has 0 radical (unpaired) electrons. The number of amides is 1. The first-order valence-electron chi connectivity index (χ1n) is 9.06. The quantitative estimate of drug-likeness (QED) is 0.728. The van der Waals surface area contributed by atoms with E-state index in [-0.39, 0.29) is 17.2 Å². The predicted molar refractivity (Wildman–Crippen MR) is 107 cm³/mol. The summed E-state index contributed by atoms with van der Waals surface area (Å²) in [4.78, 5) is 26.8. The van der Waals surface area contributed by atoms with Crippen LogP contribution in [0.15, 0.2) is 63.8 Å². The molecule has 0 saturated heterocycles. The largest absolute Gasteiger partial charge is 0.451 e. The van der Waals surface area contributed by atoms with Crippen LogP contribution in [0.2, 0.25) is 0 Å². The fourth-order valence-corrected chi connectivity index (χ4v) is 3.07. The van der Waals surface area contributed by atoms with Crippen LogP contribution in [0.4, 0.5) is 0 Å². The van der Waals surface area contributed by atoms with Gasteiger partial charge in [-0.25, -0.2) is 0 Å². The number of nitrogens with zero attached hydrogens (tertiary/aromatic N) is 1. The van der Waals surface area contributed by atoms with E-state index in [1.807, 2.05) is 14.1 Å². The number of aryl methyl sites for hydroxylation is 1. The van der Waals surface area contributed by atoms with Crippen LogP contribution in [0.1, 0.15) is 34.6 Å². The summed E-state index contributed by atoms with van der Waals surface area (Å²) >= 11 is 0. The van der Waals surface area contributed by atoms with E-state index < -0.39 is 5.91 Å². The molecule has 2 aromatic carbocycles. The molecule has 1 N–H and O–H groups in total. The maximum atomic E-state index is 12.5. The standard InChI is InChI=1S/C22H24N2O3/c1-4-15-9-11-16(12-10-15)18(24(2)3)14-23-22(26)21-13-19(25)17-7-5-6-8-20(17)27-21/h5-13,18H,4,14H2,1-3H3,(H,23,26). The van der Waals surface area contributed by atoms with Crippen LogP contribution in [-0.2, 0) is 6.42 Å². The molecule has 27 heavy (non-hydrogen) atoms. The van der Waals surface area contributed by atoms with Gasteiger partial charge < -0.3 is 14.6 Å². The Labute approximate surface area is 158 Å². The number of fused-ring (bicyclic) bond motifs is 1. The van der Waals surface area contributed by atoms with Crippen LogP contribution in [0.5, 0.6) is 0 Å². The van der Waals surface area contributed by atoms with Crippen molar-refractivity contribution in [2.45, 2.75) is 19.4 Å². The highest BCUT2D eigenvalue weighted by Crippen LogP contribution is 2.19. The zero-order valence-corrected chi connectivity index (χ0v) is 15.9. The average molecular weight is 364 g/mol. The summed E-state index contributed by atoms with van der Waals surface area (Å²) in [5.41, 5.74) is 2.59. The number of likely N-dealkylation sites (N-methyl/N-ethyl adjacent to an activating group) is 1. The highest BCUT2D eigenvalue weighted by molar-refractivity contribution is 5.93. The molecule has 0 aliphatic carbocycles. The van der Waals surface area contributed by atoms with Gasteiger partial charge in [-0.3, -0.25) is 9.59 Å². The van der Waals surface area contributed by atoms with Gasteiger partial charge in [-0.1, -0.05) is 43.3 Å². The van der Waals surface area contributed by atoms with Gasteiger partial charge in [0.2, 0.25) is 0 Å². The highest BCUT2D eigenvalue weighted by atomic mass is 16.3. The molecule has 0 fully saturated rings. The fourth-order valence-electron chi connectivity index (χ4n) is 3.07. The average Bonchev–Trinajstić information content (AvgIpc) is 2.68. The molecule has 1 unspecified atom stereocenters. The lowest BCUT2D eigenvalue weighted by molar-refractivity contribution is 0.0914. The Morgan fingerprint density at radius 2 is 1.81 bits per heavy atom. The number of hydrogen-bond donors (Lipinski definition) is 1. The molecule has 5 heteroatoms. The second-order valence-electron chi connectivity index (χ2n) is 6.76. The Morgan fingerprint density at radius 1 is 1.11 bits per heavy atom. The van der Waals surface area contributed by atoms with Crippen molar-refractivity contribution in [2.75, 3.05) is 20.6 Å². The Hall–Kier alpha value is -2.92. The number of benzene rings is 2. The minimum atomic E-state index is -0.394. The van der Waals surface area contributed by atoms with Crippen LogP contribution in [0.25, 0.3) is 11.0 Å². The maximum absolute atomic E-state index is 12.5. The van der Waals surface area contributed by atoms with Gasteiger partial charge in [0, 0.05) is 12.6 Å². The van der Waals surface area contributed by atoms with Crippen molar-refractivity contribution in [3.05, 3.63) is 81.7 Å². The van der Waals surface area contributed by atoms with E-state index in [2.05, 4.69) is 41.4 Å². The molecular formula is C22H24N2O3. The highest BCUT2D eigenvalue weighted by Gasteiger charge is 2.18. The Morgan fingerprint density at radius 3 is 2.48 bits per heavy atom. The van der Waals surface area contributed by atoms with E-state index in [1.165, 1.54) is 11.6 Å². The molecule has 1 atom stereocenters.